The molecule has 0 unspecified atom stereocenters. The first-order chi connectivity index (χ1) is 10.6. The van der Waals surface area contributed by atoms with Crippen LogP contribution in [0.2, 0.25) is 0 Å². The normalized spacial score (nSPS) is 10.3. The third kappa shape index (κ3) is 4.46. The summed E-state index contributed by atoms with van der Waals surface area (Å²) in [6, 6.07) is 11.6. The van der Waals surface area contributed by atoms with Crippen molar-refractivity contribution >= 4 is 23.2 Å². The van der Waals surface area contributed by atoms with Crippen LogP contribution in [0.3, 0.4) is 0 Å². The van der Waals surface area contributed by atoms with Crippen molar-refractivity contribution in [3.63, 3.8) is 0 Å². The molecule has 5 nitrogen and oxygen atoms in total. The van der Waals surface area contributed by atoms with Crippen molar-refractivity contribution < 1.29 is 19.2 Å². The Kier molecular flexibility index (Phi) is 5.32. The second-order valence-electron chi connectivity index (χ2n) is 4.72. The van der Waals surface area contributed by atoms with E-state index >= 15 is 0 Å². The number of nitrogen functional groups attached to an aromatic ring is 1. The van der Waals surface area contributed by atoms with Crippen LogP contribution in [0.5, 0.6) is 0 Å². The predicted molar refractivity (Wildman–Crippen MR) is 83.2 cm³/mol. The van der Waals surface area contributed by atoms with Gasteiger partial charge in [-0.1, -0.05) is 12.1 Å². The minimum atomic E-state index is -0.416. The molecule has 2 rings (SSSR count). The molecule has 0 saturated carbocycles. The van der Waals surface area contributed by atoms with Crippen LogP contribution >= 0.6 is 0 Å². The molecule has 0 aromatic heterocycles. The molecule has 0 aliphatic carbocycles. The van der Waals surface area contributed by atoms with Gasteiger partial charge in [-0.2, -0.15) is 4.79 Å². The molecule has 2 aromatic rings. The highest BCUT2D eigenvalue weighted by atomic mass is 19.1. The molecule has 2 aromatic carbocycles. The Bertz CT molecular complexity index is 644. The number of hydrogen-bond donors (Lipinski definition) is 3. The topological polar surface area (TPSA) is 81.0 Å². The third-order valence-electron chi connectivity index (χ3n) is 3.06. The molecule has 0 radical (unpaired) electrons. The zero-order valence-corrected chi connectivity index (χ0v) is 12.3. The fraction of sp³-hybridized carbons (Fsp3) is 0.188. The van der Waals surface area contributed by atoms with Gasteiger partial charge in [-0.05, 0) is 36.8 Å². The van der Waals surface area contributed by atoms with Crippen LogP contribution in [0.15, 0.2) is 42.5 Å². The lowest BCUT2D eigenvalue weighted by atomic mass is 10.2. The number of rotatable bonds is 5. The predicted octanol–water partition coefficient (Wildman–Crippen LogP) is 2.37. The van der Waals surface area contributed by atoms with E-state index in [9.17, 15) is 9.18 Å². The van der Waals surface area contributed by atoms with Gasteiger partial charge in [-0.25, -0.2) is 9.71 Å². The summed E-state index contributed by atoms with van der Waals surface area (Å²) in [5.41, 5.74) is 8.81. The molecule has 0 spiro atoms. The summed E-state index contributed by atoms with van der Waals surface area (Å²) in [5.74, 6) is -0.258. The Balaban J connectivity index is 1.97. The average Bonchev–Trinajstić information content (AvgIpc) is 2.49. The average molecular weight is 304 g/mol. The number of carbonyl (C=O) groups excluding carboxylic acids is 1. The molecule has 0 aliphatic rings. The summed E-state index contributed by atoms with van der Waals surface area (Å²) in [7, 11) is 0. The van der Waals surface area contributed by atoms with E-state index in [2.05, 4.69) is 5.32 Å². The SMILES string of the molecule is CCOC(=O)[NH2+]c1ccc(NCc2ccc(F)cc2)cc1N. The van der Waals surface area contributed by atoms with Gasteiger partial charge in [0.25, 0.3) is 0 Å². The number of halogens is 1. The van der Waals surface area contributed by atoms with Crippen molar-refractivity contribution in [1.29, 1.82) is 0 Å². The van der Waals surface area contributed by atoms with E-state index in [-0.39, 0.29) is 5.82 Å². The highest BCUT2D eigenvalue weighted by molar-refractivity contribution is 5.69. The molecule has 22 heavy (non-hydrogen) atoms. The largest absolute Gasteiger partial charge is 0.517 e. The minimum absolute atomic E-state index is 0.258. The van der Waals surface area contributed by atoms with Crippen molar-refractivity contribution in [1.82, 2.24) is 0 Å². The number of anilines is 2. The number of primary amides is 1. The van der Waals surface area contributed by atoms with Crippen molar-refractivity contribution in [3.05, 3.63) is 53.8 Å². The summed E-state index contributed by atoms with van der Waals surface area (Å²) in [4.78, 5) is 11.4. The molecule has 0 atom stereocenters. The van der Waals surface area contributed by atoms with Gasteiger partial charge in [-0.15, -0.1) is 0 Å². The number of quaternary nitrogens is 1. The number of amides is 1. The van der Waals surface area contributed by atoms with Gasteiger partial charge in [0, 0.05) is 18.3 Å². The maximum absolute atomic E-state index is 12.8. The van der Waals surface area contributed by atoms with Crippen LogP contribution < -0.4 is 16.4 Å². The van der Waals surface area contributed by atoms with Gasteiger partial charge in [-0.3, -0.25) is 0 Å². The van der Waals surface area contributed by atoms with Crippen molar-refractivity contribution in [2.24, 2.45) is 0 Å². The van der Waals surface area contributed by atoms with Crippen LogP contribution in [0.25, 0.3) is 0 Å². The van der Waals surface area contributed by atoms with Crippen molar-refractivity contribution in [2.45, 2.75) is 13.5 Å². The van der Waals surface area contributed by atoms with Crippen LogP contribution in [0.1, 0.15) is 12.5 Å². The molecule has 5 N–H and O–H groups in total. The Hall–Kier alpha value is -2.60. The zero-order chi connectivity index (χ0) is 15.9. The van der Waals surface area contributed by atoms with Gasteiger partial charge in [0.1, 0.15) is 5.82 Å². The number of hydrogen-bond acceptors (Lipinski definition) is 4. The number of ether oxygens (including phenoxy) is 1. The molecular formula is C16H19FN3O2+. The summed E-state index contributed by atoms with van der Waals surface area (Å²) in [6.07, 6.45) is -0.416. The van der Waals surface area contributed by atoms with E-state index in [1.807, 2.05) is 6.07 Å². The van der Waals surface area contributed by atoms with Crippen LogP contribution in [0.4, 0.5) is 26.2 Å². The molecular weight excluding hydrogens is 285 g/mol. The highest BCUT2D eigenvalue weighted by Gasteiger charge is 2.12. The van der Waals surface area contributed by atoms with Crippen LogP contribution in [-0.2, 0) is 11.3 Å². The van der Waals surface area contributed by atoms with E-state index in [4.69, 9.17) is 10.5 Å². The number of nitrogens with two attached hydrogens (primary N) is 2. The van der Waals surface area contributed by atoms with Crippen molar-refractivity contribution in [2.75, 3.05) is 17.7 Å². The summed E-state index contributed by atoms with van der Waals surface area (Å²) in [5, 5.41) is 4.56. The molecule has 116 valence electrons. The zero-order valence-electron chi connectivity index (χ0n) is 12.3. The fourth-order valence-electron chi connectivity index (χ4n) is 1.93. The molecule has 0 heterocycles. The van der Waals surface area contributed by atoms with Crippen LogP contribution in [-0.4, -0.2) is 12.7 Å². The fourth-order valence-corrected chi connectivity index (χ4v) is 1.93. The molecule has 0 bridgehead atoms. The second-order valence-corrected chi connectivity index (χ2v) is 4.72. The Labute approximate surface area is 128 Å². The number of nitrogens with one attached hydrogen (secondary N) is 1. The van der Waals surface area contributed by atoms with Gasteiger partial charge in [0.15, 0.2) is 5.69 Å². The number of benzene rings is 2. The Morgan fingerprint density at radius 1 is 1.27 bits per heavy atom. The summed E-state index contributed by atoms with van der Waals surface area (Å²) < 4.78 is 17.7. The quantitative estimate of drug-likeness (QED) is 0.741. The van der Waals surface area contributed by atoms with Crippen molar-refractivity contribution in [3.8, 4) is 0 Å². The lowest BCUT2D eigenvalue weighted by Gasteiger charge is -2.09. The van der Waals surface area contributed by atoms with E-state index in [0.717, 1.165) is 11.3 Å². The van der Waals surface area contributed by atoms with E-state index < -0.39 is 6.09 Å². The van der Waals surface area contributed by atoms with E-state index in [1.54, 1.807) is 31.2 Å². The molecule has 0 fully saturated rings. The molecule has 0 aliphatic heterocycles. The first-order valence-corrected chi connectivity index (χ1v) is 6.98. The lowest BCUT2D eigenvalue weighted by molar-refractivity contribution is -0.481. The Morgan fingerprint density at radius 3 is 2.64 bits per heavy atom. The first-order valence-electron chi connectivity index (χ1n) is 6.98. The standard InChI is InChI=1S/C16H18FN3O2/c1-2-22-16(21)20-15-8-7-13(9-14(15)18)19-10-11-3-5-12(17)6-4-11/h3-9,19H,2,10,18H2,1H3,(H,20,21)/p+1. The highest BCUT2D eigenvalue weighted by Crippen LogP contribution is 2.19. The lowest BCUT2D eigenvalue weighted by Crippen LogP contribution is -2.82. The third-order valence-corrected chi connectivity index (χ3v) is 3.06. The van der Waals surface area contributed by atoms with Gasteiger partial charge in [0.2, 0.25) is 0 Å². The summed E-state index contributed by atoms with van der Waals surface area (Å²) in [6.45, 7) is 2.63. The monoisotopic (exact) mass is 304 g/mol. The van der Waals surface area contributed by atoms with E-state index in [1.165, 1.54) is 17.4 Å². The van der Waals surface area contributed by atoms with Gasteiger partial charge >= 0.3 is 6.09 Å². The molecule has 1 amide bonds. The first kappa shape index (κ1) is 15.8. The maximum atomic E-state index is 12.8. The maximum Gasteiger partial charge on any atom is 0.517 e. The minimum Gasteiger partial charge on any atom is -0.420 e. The van der Waals surface area contributed by atoms with Gasteiger partial charge < -0.3 is 15.8 Å². The Morgan fingerprint density at radius 2 is 2.00 bits per heavy atom. The second kappa shape index (κ2) is 7.42. The number of carbonyl (C=O) groups is 1. The molecule has 6 heteroatoms. The molecule has 0 saturated heterocycles. The van der Waals surface area contributed by atoms with E-state index in [0.29, 0.717) is 24.5 Å². The smallest absolute Gasteiger partial charge is 0.420 e. The van der Waals surface area contributed by atoms with Gasteiger partial charge in [0.05, 0.1) is 12.3 Å². The summed E-state index contributed by atoms with van der Waals surface area (Å²) >= 11 is 0. The van der Waals surface area contributed by atoms with Crippen LogP contribution in [0, 0.1) is 5.82 Å².